The molecule has 0 aliphatic carbocycles. The summed E-state index contributed by atoms with van der Waals surface area (Å²) in [5.74, 6) is 2.64. The topological polar surface area (TPSA) is 44.3 Å². The molecular formula is C19H24BrN5. The van der Waals surface area contributed by atoms with Crippen LogP contribution in [0.3, 0.4) is 0 Å². The van der Waals surface area contributed by atoms with Crippen molar-refractivity contribution in [3.05, 3.63) is 41.1 Å². The molecule has 1 atom stereocenters. The zero-order valence-electron chi connectivity index (χ0n) is 14.4. The van der Waals surface area contributed by atoms with Crippen LogP contribution in [0.15, 0.2) is 41.1 Å². The van der Waals surface area contributed by atoms with Crippen LogP contribution in [-0.2, 0) is 0 Å². The quantitative estimate of drug-likeness (QED) is 0.825. The summed E-state index contributed by atoms with van der Waals surface area (Å²) in [5.41, 5.74) is 1.30. The van der Waals surface area contributed by atoms with Crippen LogP contribution < -0.4 is 15.1 Å². The van der Waals surface area contributed by atoms with Crippen LogP contribution in [0.1, 0.15) is 19.3 Å². The molecule has 1 unspecified atom stereocenters. The van der Waals surface area contributed by atoms with Crippen LogP contribution in [0, 0.1) is 5.92 Å². The molecule has 6 heteroatoms. The molecule has 0 spiro atoms. The summed E-state index contributed by atoms with van der Waals surface area (Å²) >= 11 is 3.56. The summed E-state index contributed by atoms with van der Waals surface area (Å²) in [5, 5.41) is 3.52. The van der Waals surface area contributed by atoms with Gasteiger partial charge in [0.1, 0.15) is 18.0 Å². The van der Waals surface area contributed by atoms with Crippen LogP contribution >= 0.6 is 15.9 Å². The Morgan fingerprint density at radius 3 is 2.80 bits per heavy atom. The van der Waals surface area contributed by atoms with Crippen molar-refractivity contribution in [1.82, 2.24) is 9.97 Å². The molecule has 2 fully saturated rings. The van der Waals surface area contributed by atoms with Crippen molar-refractivity contribution in [2.75, 3.05) is 47.8 Å². The van der Waals surface area contributed by atoms with Crippen LogP contribution in [0.5, 0.6) is 0 Å². The lowest BCUT2D eigenvalue weighted by molar-refractivity contribution is 0.621. The first-order chi connectivity index (χ1) is 12.3. The number of nitrogens with one attached hydrogen (secondary N) is 1. The van der Waals surface area contributed by atoms with Gasteiger partial charge in [-0.15, -0.1) is 0 Å². The molecule has 25 heavy (non-hydrogen) atoms. The highest BCUT2D eigenvalue weighted by molar-refractivity contribution is 9.10. The van der Waals surface area contributed by atoms with E-state index in [-0.39, 0.29) is 0 Å². The van der Waals surface area contributed by atoms with Gasteiger partial charge < -0.3 is 15.1 Å². The molecule has 1 N–H and O–H groups in total. The van der Waals surface area contributed by atoms with E-state index in [1.807, 2.05) is 0 Å². The fourth-order valence-corrected chi connectivity index (χ4v) is 4.11. The monoisotopic (exact) mass is 401 g/mol. The van der Waals surface area contributed by atoms with E-state index in [1.165, 1.54) is 24.9 Å². The SMILES string of the molecule is Brc1cccc(N2CCC(CNc3cc(N4CCCC4)ncn3)C2)c1. The molecule has 0 amide bonds. The molecule has 4 rings (SSSR count). The molecule has 0 bridgehead atoms. The largest absolute Gasteiger partial charge is 0.371 e. The summed E-state index contributed by atoms with van der Waals surface area (Å²) in [6, 6.07) is 10.7. The first-order valence-electron chi connectivity index (χ1n) is 9.09. The minimum atomic E-state index is 0.643. The Labute approximate surface area is 157 Å². The lowest BCUT2D eigenvalue weighted by Crippen LogP contribution is -2.23. The van der Waals surface area contributed by atoms with Gasteiger partial charge in [0, 0.05) is 49.0 Å². The summed E-state index contributed by atoms with van der Waals surface area (Å²) < 4.78 is 1.14. The Hall–Kier alpha value is -1.82. The Morgan fingerprint density at radius 2 is 1.96 bits per heavy atom. The second-order valence-corrected chi connectivity index (χ2v) is 7.83. The number of halogens is 1. The van der Waals surface area contributed by atoms with E-state index in [9.17, 15) is 0 Å². The van der Waals surface area contributed by atoms with Gasteiger partial charge in [0.25, 0.3) is 0 Å². The Morgan fingerprint density at radius 1 is 1.08 bits per heavy atom. The molecule has 2 aliphatic heterocycles. The minimum absolute atomic E-state index is 0.643. The van der Waals surface area contributed by atoms with Crippen molar-refractivity contribution in [2.24, 2.45) is 5.92 Å². The molecule has 3 heterocycles. The Bertz CT molecular complexity index is 716. The van der Waals surface area contributed by atoms with Crippen molar-refractivity contribution in [1.29, 1.82) is 0 Å². The van der Waals surface area contributed by atoms with E-state index in [0.29, 0.717) is 5.92 Å². The molecule has 132 valence electrons. The molecule has 1 aromatic carbocycles. The number of benzene rings is 1. The Balaban J connectivity index is 1.32. The Kier molecular flexibility index (Phi) is 5.06. The van der Waals surface area contributed by atoms with Crippen molar-refractivity contribution in [3.63, 3.8) is 0 Å². The van der Waals surface area contributed by atoms with Gasteiger partial charge in [0.2, 0.25) is 0 Å². The van der Waals surface area contributed by atoms with Gasteiger partial charge in [-0.1, -0.05) is 22.0 Å². The third-order valence-corrected chi connectivity index (χ3v) is 5.61. The number of rotatable bonds is 5. The number of hydrogen-bond acceptors (Lipinski definition) is 5. The standard InChI is InChI=1S/C19H24BrN5/c20-16-4-3-5-17(10-16)25-9-6-15(13-25)12-21-18-11-19(23-14-22-18)24-7-1-2-8-24/h3-5,10-11,14-15H,1-2,6-9,12-13H2,(H,21,22,23). The van der Waals surface area contributed by atoms with Gasteiger partial charge >= 0.3 is 0 Å². The van der Waals surface area contributed by atoms with Crippen LogP contribution in [0.25, 0.3) is 0 Å². The molecule has 0 saturated carbocycles. The van der Waals surface area contributed by atoms with Crippen molar-refractivity contribution in [3.8, 4) is 0 Å². The van der Waals surface area contributed by atoms with E-state index < -0.39 is 0 Å². The molecule has 2 aromatic rings. The second kappa shape index (κ2) is 7.60. The molecule has 1 aromatic heterocycles. The molecule has 0 radical (unpaired) electrons. The lowest BCUT2D eigenvalue weighted by atomic mass is 10.1. The fourth-order valence-electron chi connectivity index (χ4n) is 3.72. The minimum Gasteiger partial charge on any atom is -0.371 e. The third-order valence-electron chi connectivity index (χ3n) is 5.11. The van der Waals surface area contributed by atoms with Gasteiger partial charge in [-0.2, -0.15) is 0 Å². The maximum absolute atomic E-state index is 4.42. The van der Waals surface area contributed by atoms with Crippen LogP contribution in [-0.4, -0.2) is 42.7 Å². The van der Waals surface area contributed by atoms with Crippen LogP contribution in [0.2, 0.25) is 0 Å². The predicted molar refractivity (Wildman–Crippen MR) is 106 cm³/mol. The van der Waals surface area contributed by atoms with E-state index in [4.69, 9.17) is 0 Å². The average Bonchev–Trinajstić information content (AvgIpc) is 3.32. The molecular weight excluding hydrogens is 378 g/mol. The van der Waals surface area contributed by atoms with Crippen molar-refractivity contribution in [2.45, 2.75) is 19.3 Å². The van der Waals surface area contributed by atoms with Gasteiger partial charge in [0.15, 0.2) is 0 Å². The van der Waals surface area contributed by atoms with Gasteiger partial charge in [-0.25, -0.2) is 9.97 Å². The van der Waals surface area contributed by atoms with Crippen molar-refractivity contribution >= 4 is 33.3 Å². The third kappa shape index (κ3) is 4.06. The fraction of sp³-hybridized carbons (Fsp3) is 0.474. The van der Waals surface area contributed by atoms with E-state index in [2.05, 4.69) is 71.3 Å². The second-order valence-electron chi connectivity index (χ2n) is 6.92. The summed E-state index contributed by atoms with van der Waals surface area (Å²) in [6.45, 7) is 5.39. The zero-order chi connectivity index (χ0) is 17.1. The first kappa shape index (κ1) is 16.6. The maximum Gasteiger partial charge on any atom is 0.134 e. The maximum atomic E-state index is 4.42. The number of anilines is 3. The predicted octanol–water partition coefficient (Wildman–Crippen LogP) is 3.78. The summed E-state index contributed by atoms with van der Waals surface area (Å²) in [6.07, 6.45) is 5.42. The first-order valence-corrected chi connectivity index (χ1v) is 9.88. The van der Waals surface area contributed by atoms with Crippen LogP contribution in [0.4, 0.5) is 17.3 Å². The smallest absolute Gasteiger partial charge is 0.134 e. The highest BCUT2D eigenvalue weighted by Gasteiger charge is 2.23. The highest BCUT2D eigenvalue weighted by Crippen LogP contribution is 2.26. The molecule has 2 saturated heterocycles. The van der Waals surface area contributed by atoms with Gasteiger partial charge in [-0.05, 0) is 43.4 Å². The summed E-state index contributed by atoms with van der Waals surface area (Å²) in [7, 11) is 0. The molecule has 2 aliphatic rings. The van der Waals surface area contributed by atoms with E-state index in [1.54, 1.807) is 6.33 Å². The number of hydrogen-bond donors (Lipinski definition) is 1. The van der Waals surface area contributed by atoms with Gasteiger partial charge in [-0.3, -0.25) is 0 Å². The number of aromatic nitrogens is 2. The zero-order valence-corrected chi connectivity index (χ0v) is 16.0. The van der Waals surface area contributed by atoms with E-state index in [0.717, 1.165) is 48.8 Å². The molecule has 5 nitrogen and oxygen atoms in total. The number of nitrogens with zero attached hydrogens (tertiary/aromatic N) is 4. The van der Waals surface area contributed by atoms with Gasteiger partial charge in [0.05, 0.1) is 0 Å². The average molecular weight is 402 g/mol. The normalized spacial score (nSPS) is 20.3. The van der Waals surface area contributed by atoms with Crippen molar-refractivity contribution < 1.29 is 0 Å². The summed E-state index contributed by atoms with van der Waals surface area (Å²) in [4.78, 5) is 13.6. The highest BCUT2D eigenvalue weighted by atomic mass is 79.9. The lowest BCUT2D eigenvalue weighted by Gasteiger charge is -2.19. The van der Waals surface area contributed by atoms with E-state index >= 15 is 0 Å².